The lowest BCUT2D eigenvalue weighted by atomic mass is 9.48. The first-order valence-electron chi connectivity index (χ1n) is 9.47. The molecule has 3 fully saturated rings. The van der Waals surface area contributed by atoms with Gasteiger partial charge >= 0.3 is 0 Å². The quantitative estimate of drug-likeness (QED) is 0.494. The molecule has 4 heteroatoms. The lowest BCUT2D eigenvalue weighted by molar-refractivity contribution is -0.0790. The number of alkyl halides is 1. The van der Waals surface area contributed by atoms with Crippen LogP contribution in [0, 0.1) is 34.0 Å². The Balaban J connectivity index is 1.71. The first-order chi connectivity index (χ1) is 11.2. The number of hydrogen-bond acceptors (Lipinski definition) is 3. The minimum Gasteiger partial charge on any atom is -0.395 e. The number of aliphatic hydroxyl groups is 3. The van der Waals surface area contributed by atoms with E-state index in [9.17, 15) is 15.3 Å². The molecule has 9 atom stereocenters. The van der Waals surface area contributed by atoms with Crippen molar-refractivity contribution in [3.05, 3.63) is 11.6 Å². The second kappa shape index (κ2) is 5.31. The molecule has 4 aliphatic carbocycles. The molecule has 0 aromatic rings. The summed E-state index contributed by atoms with van der Waals surface area (Å²) in [6.45, 7) is 7.00. The van der Waals surface area contributed by atoms with Crippen LogP contribution in [-0.4, -0.2) is 39.0 Å². The maximum atomic E-state index is 11.0. The van der Waals surface area contributed by atoms with E-state index < -0.39 is 0 Å². The smallest absolute Gasteiger partial charge is 0.0609 e. The van der Waals surface area contributed by atoms with Crippen molar-refractivity contribution < 1.29 is 15.3 Å². The van der Waals surface area contributed by atoms with Crippen LogP contribution in [0.1, 0.15) is 52.9 Å². The number of rotatable bonds is 2. The Hall–Kier alpha value is 0.100. The lowest BCUT2D eigenvalue weighted by Crippen LogP contribution is -2.54. The Kier molecular flexibility index (Phi) is 3.87. The van der Waals surface area contributed by atoms with Gasteiger partial charge in [-0.3, -0.25) is 0 Å². The van der Waals surface area contributed by atoms with Gasteiger partial charge in [0.2, 0.25) is 0 Å². The third-order valence-electron chi connectivity index (χ3n) is 8.40. The van der Waals surface area contributed by atoms with Gasteiger partial charge in [-0.25, -0.2) is 0 Å². The molecule has 3 N–H and O–H groups in total. The Morgan fingerprint density at radius 3 is 2.54 bits per heavy atom. The third kappa shape index (κ3) is 2.19. The summed E-state index contributed by atoms with van der Waals surface area (Å²) < 4.78 is 0. The predicted octanol–water partition coefficient (Wildman–Crippen LogP) is 3.26. The molecular formula is C20H31BrO3. The van der Waals surface area contributed by atoms with E-state index in [1.165, 1.54) is 5.57 Å². The summed E-state index contributed by atoms with van der Waals surface area (Å²) >= 11 is 3.65. The standard InChI is InChI=1S/C20H31BrO3/c1-18(17(21)10-22)5-4-12-11(7-18)14(23)6-16-19(2)8-13(19)15(24)9-20(12,16)3/h4,11,13-17,22-24H,5-10H2,1-3H3. The van der Waals surface area contributed by atoms with Crippen molar-refractivity contribution in [3.8, 4) is 0 Å². The van der Waals surface area contributed by atoms with E-state index in [1.807, 2.05) is 0 Å². The molecule has 0 spiro atoms. The molecular weight excluding hydrogens is 368 g/mol. The van der Waals surface area contributed by atoms with E-state index in [-0.39, 0.29) is 45.8 Å². The zero-order chi connectivity index (χ0) is 17.5. The van der Waals surface area contributed by atoms with Crippen LogP contribution in [0.25, 0.3) is 0 Å². The fourth-order valence-corrected chi connectivity index (χ4v) is 7.13. The normalized spacial score (nSPS) is 57.3. The van der Waals surface area contributed by atoms with Crippen molar-refractivity contribution in [1.82, 2.24) is 0 Å². The Morgan fingerprint density at radius 1 is 1.17 bits per heavy atom. The van der Waals surface area contributed by atoms with Gasteiger partial charge < -0.3 is 15.3 Å². The van der Waals surface area contributed by atoms with Gasteiger partial charge in [-0.2, -0.15) is 0 Å². The summed E-state index contributed by atoms with van der Waals surface area (Å²) in [6.07, 6.45) is 6.54. The highest BCUT2D eigenvalue weighted by molar-refractivity contribution is 9.09. The highest BCUT2D eigenvalue weighted by Gasteiger charge is 2.69. The highest BCUT2D eigenvalue weighted by atomic mass is 79.9. The topological polar surface area (TPSA) is 60.7 Å². The molecule has 0 aromatic carbocycles. The highest BCUT2D eigenvalue weighted by Crippen LogP contribution is 2.73. The van der Waals surface area contributed by atoms with Crippen molar-refractivity contribution in [2.24, 2.45) is 34.0 Å². The summed E-state index contributed by atoms with van der Waals surface area (Å²) in [6, 6.07) is 0. The van der Waals surface area contributed by atoms with Crippen molar-refractivity contribution >= 4 is 15.9 Å². The maximum Gasteiger partial charge on any atom is 0.0609 e. The van der Waals surface area contributed by atoms with E-state index >= 15 is 0 Å². The van der Waals surface area contributed by atoms with E-state index in [2.05, 4.69) is 42.8 Å². The van der Waals surface area contributed by atoms with Crippen molar-refractivity contribution in [2.75, 3.05) is 6.61 Å². The molecule has 24 heavy (non-hydrogen) atoms. The molecule has 0 amide bonds. The van der Waals surface area contributed by atoms with Gasteiger partial charge in [0.1, 0.15) is 0 Å². The number of aliphatic hydroxyl groups excluding tert-OH is 3. The number of fused-ring (bicyclic) bond motifs is 5. The molecule has 3 saturated carbocycles. The van der Waals surface area contributed by atoms with Crippen LogP contribution >= 0.6 is 15.9 Å². The van der Waals surface area contributed by atoms with Crippen LogP contribution in [-0.2, 0) is 0 Å². The minimum atomic E-state index is -0.291. The summed E-state index contributed by atoms with van der Waals surface area (Å²) in [5, 5.41) is 31.2. The molecule has 0 saturated heterocycles. The van der Waals surface area contributed by atoms with E-state index in [4.69, 9.17) is 0 Å². The van der Waals surface area contributed by atoms with Crippen molar-refractivity contribution in [3.63, 3.8) is 0 Å². The fraction of sp³-hybridized carbons (Fsp3) is 0.900. The van der Waals surface area contributed by atoms with Crippen LogP contribution in [0.15, 0.2) is 11.6 Å². The van der Waals surface area contributed by atoms with Crippen molar-refractivity contribution in [1.29, 1.82) is 0 Å². The van der Waals surface area contributed by atoms with Gasteiger partial charge in [0.15, 0.2) is 0 Å². The Bertz CT molecular complexity index is 577. The number of halogens is 1. The molecule has 0 heterocycles. The van der Waals surface area contributed by atoms with Gasteiger partial charge in [-0.15, -0.1) is 0 Å². The molecule has 3 nitrogen and oxygen atoms in total. The predicted molar refractivity (Wildman–Crippen MR) is 97.8 cm³/mol. The first kappa shape index (κ1) is 17.5. The summed E-state index contributed by atoms with van der Waals surface area (Å²) in [7, 11) is 0. The largest absolute Gasteiger partial charge is 0.395 e. The van der Waals surface area contributed by atoms with Gasteiger partial charge in [0.05, 0.1) is 18.8 Å². The Morgan fingerprint density at radius 2 is 1.88 bits per heavy atom. The van der Waals surface area contributed by atoms with E-state index in [0.717, 1.165) is 32.1 Å². The second-order valence-electron chi connectivity index (χ2n) is 9.84. The molecule has 0 aliphatic heterocycles. The maximum absolute atomic E-state index is 11.0. The van der Waals surface area contributed by atoms with E-state index in [0.29, 0.717) is 11.8 Å². The monoisotopic (exact) mass is 398 g/mol. The van der Waals surface area contributed by atoms with Gasteiger partial charge in [-0.1, -0.05) is 48.4 Å². The lowest BCUT2D eigenvalue weighted by Gasteiger charge is -2.58. The second-order valence-corrected chi connectivity index (χ2v) is 10.9. The molecule has 9 unspecified atom stereocenters. The molecule has 4 aliphatic rings. The van der Waals surface area contributed by atoms with Crippen LogP contribution in [0.4, 0.5) is 0 Å². The third-order valence-corrected chi connectivity index (χ3v) is 9.80. The zero-order valence-corrected chi connectivity index (χ0v) is 16.6. The van der Waals surface area contributed by atoms with Crippen LogP contribution in [0.5, 0.6) is 0 Å². The first-order valence-corrected chi connectivity index (χ1v) is 10.4. The molecule has 0 radical (unpaired) electrons. The summed E-state index contributed by atoms with van der Waals surface area (Å²) in [5.74, 6) is 1.09. The molecule has 136 valence electrons. The van der Waals surface area contributed by atoms with Gasteiger partial charge in [-0.05, 0) is 60.2 Å². The average Bonchev–Trinajstić information content (AvgIpc) is 3.23. The van der Waals surface area contributed by atoms with Crippen LogP contribution in [0.2, 0.25) is 0 Å². The zero-order valence-electron chi connectivity index (χ0n) is 15.0. The molecule has 0 aromatic heterocycles. The minimum absolute atomic E-state index is 0.0212. The molecule has 4 rings (SSSR count). The fourth-order valence-electron chi connectivity index (χ4n) is 6.76. The SMILES string of the molecule is CC1(C(Br)CO)CC=C2C(C1)C(O)CC1C2(C)CC(O)C2CC21C. The van der Waals surface area contributed by atoms with Crippen molar-refractivity contribution in [2.45, 2.75) is 69.9 Å². The van der Waals surface area contributed by atoms with Gasteiger partial charge in [0, 0.05) is 10.7 Å². The number of hydrogen-bond donors (Lipinski definition) is 3. The summed E-state index contributed by atoms with van der Waals surface area (Å²) in [4.78, 5) is 0.0582. The van der Waals surface area contributed by atoms with Crippen LogP contribution < -0.4 is 0 Å². The van der Waals surface area contributed by atoms with E-state index in [1.54, 1.807) is 0 Å². The molecule has 0 bridgehead atoms. The average molecular weight is 399 g/mol. The Labute approximate surface area is 153 Å². The summed E-state index contributed by atoms with van der Waals surface area (Å²) in [5.41, 5.74) is 1.61. The number of allylic oxidation sites excluding steroid dienone is 1. The van der Waals surface area contributed by atoms with Crippen LogP contribution in [0.3, 0.4) is 0 Å². The van der Waals surface area contributed by atoms with Gasteiger partial charge in [0.25, 0.3) is 0 Å².